The number of carboxylic acids is 1. The number of anilines is 1. The van der Waals surface area contributed by atoms with Gasteiger partial charge in [-0.05, 0) is 6.07 Å². The highest BCUT2D eigenvalue weighted by atomic mass is 35.5. The van der Waals surface area contributed by atoms with Gasteiger partial charge in [0.25, 0.3) is 11.8 Å². The second-order valence-electron chi connectivity index (χ2n) is 7.12. The number of carboxylic acid groups (broad SMARTS) is 1. The molecule has 1 saturated heterocycles. The summed E-state index contributed by atoms with van der Waals surface area (Å²) in [5.74, 6) is -1.79. The van der Waals surface area contributed by atoms with Gasteiger partial charge in [0.2, 0.25) is 0 Å². The van der Waals surface area contributed by atoms with Gasteiger partial charge >= 0.3 is 5.97 Å². The molecule has 0 unspecified atom stereocenters. The van der Waals surface area contributed by atoms with Gasteiger partial charge in [-0.3, -0.25) is 19.5 Å². The quantitative estimate of drug-likeness (QED) is 0.0932. The number of nitrogen functional groups attached to an aromatic ring is 1. The number of β-lactam (4-membered cyclic amide) rings is 1. The van der Waals surface area contributed by atoms with Crippen molar-refractivity contribution in [2.45, 2.75) is 21.2 Å². The molecule has 4 heterocycles. The smallest absolute Gasteiger partial charge is 0.353 e. The Morgan fingerprint density at radius 2 is 2.17 bits per heavy atom. The maximum absolute atomic E-state index is 13.0. The van der Waals surface area contributed by atoms with Crippen LogP contribution in [0.15, 0.2) is 44.0 Å². The number of carbonyl (C=O) groups excluding carboxylic acids is 2. The second kappa shape index (κ2) is 11.3. The van der Waals surface area contributed by atoms with E-state index in [0.717, 1.165) is 26.0 Å². The number of halogens is 1. The van der Waals surface area contributed by atoms with Crippen LogP contribution in [0.2, 0.25) is 4.34 Å². The zero-order valence-electron chi connectivity index (χ0n) is 18.1. The van der Waals surface area contributed by atoms with E-state index < -0.39 is 34.9 Å². The first-order chi connectivity index (χ1) is 17.3. The van der Waals surface area contributed by atoms with Crippen LogP contribution >= 0.6 is 58.2 Å². The summed E-state index contributed by atoms with van der Waals surface area (Å²) >= 11 is 11.0. The van der Waals surface area contributed by atoms with Crippen molar-refractivity contribution >= 4 is 86.9 Å². The molecule has 1 fully saturated rings. The number of aromatic nitrogens is 2. The average Bonchev–Trinajstić information content (AvgIpc) is 3.19. The minimum atomic E-state index is -1.26. The number of rotatable bonds is 9. The summed E-state index contributed by atoms with van der Waals surface area (Å²) in [5, 5.41) is 24.1. The molecule has 0 bridgehead atoms. The molecule has 36 heavy (non-hydrogen) atoms. The number of hydrogen-bond donors (Lipinski definition) is 5. The largest absolute Gasteiger partial charge is 0.477 e. The topological polar surface area (TPSA) is 197 Å². The number of thiazole rings is 1. The van der Waals surface area contributed by atoms with Crippen molar-refractivity contribution in [1.29, 1.82) is 0 Å². The number of nitrogens with zero attached hydrogens (tertiary/aromatic N) is 4. The van der Waals surface area contributed by atoms with Gasteiger partial charge in [0, 0.05) is 45.1 Å². The maximum Gasteiger partial charge on any atom is 0.353 e. The lowest BCUT2D eigenvalue weighted by atomic mass is 10.0. The van der Waals surface area contributed by atoms with Crippen LogP contribution in [-0.2, 0) is 14.4 Å². The van der Waals surface area contributed by atoms with Gasteiger partial charge in [-0.1, -0.05) is 39.9 Å². The molecular weight excluding hydrogens is 570 g/mol. The van der Waals surface area contributed by atoms with Gasteiger partial charge in [-0.25, -0.2) is 9.78 Å². The van der Waals surface area contributed by atoms with Crippen LogP contribution in [0.3, 0.4) is 0 Å². The fourth-order valence-corrected chi connectivity index (χ4v) is 7.78. The Kier molecular flexibility index (Phi) is 8.31. The summed E-state index contributed by atoms with van der Waals surface area (Å²) in [4.78, 5) is 49.2. The van der Waals surface area contributed by atoms with Crippen LogP contribution < -0.4 is 16.8 Å². The molecular formula is C19H18ClN7O5S4. The molecule has 0 aromatic carbocycles. The van der Waals surface area contributed by atoms with E-state index in [1.165, 1.54) is 35.3 Å². The van der Waals surface area contributed by atoms with Gasteiger partial charge in [0.05, 0.1) is 0 Å². The number of aliphatic carboxylic acids is 1. The molecule has 17 heteroatoms. The summed E-state index contributed by atoms with van der Waals surface area (Å²) in [7, 11) is 0. The van der Waals surface area contributed by atoms with Gasteiger partial charge in [-0.15, -0.1) is 23.5 Å². The Hall–Kier alpha value is -2.50. The van der Waals surface area contributed by atoms with Crippen molar-refractivity contribution in [2.75, 3.05) is 23.8 Å². The van der Waals surface area contributed by atoms with Crippen LogP contribution in [0.25, 0.3) is 0 Å². The van der Waals surface area contributed by atoms with Crippen molar-refractivity contribution in [2.24, 2.45) is 10.9 Å². The molecule has 190 valence electrons. The fourth-order valence-electron chi connectivity index (χ4n) is 3.40. The molecule has 2 aromatic rings. The second-order valence-corrected chi connectivity index (χ2v) is 12.1. The summed E-state index contributed by atoms with van der Waals surface area (Å²) in [6.45, 7) is 0.477. The first-order valence-electron chi connectivity index (χ1n) is 10.1. The lowest BCUT2D eigenvalue weighted by Crippen LogP contribution is -2.71. The van der Waals surface area contributed by atoms with E-state index in [2.05, 4.69) is 20.4 Å². The number of nitrogens with one attached hydrogen (secondary N) is 1. The Bertz CT molecular complexity index is 1290. The van der Waals surface area contributed by atoms with Gasteiger partial charge < -0.3 is 27.1 Å². The third-order valence-corrected chi connectivity index (χ3v) is 9.83. The fraction of sp³-hybridized carbons (Fsp3) is 0.263. The Morgan fingerprint density at radius 3 is 2.81 bits per heavy atom. The minimum absolute atomic E-state index is 0.0434. The standard InChI is InChI=1S/C19H18ClN7O5S4/c20-14-10(25-19(22)36-14)11(26-32)15(28)24-12-16(29)27-13(18(30)31)9(6-34-17(12)27)35-7-1-3-23-5-8(7)33-4-2-21/h1,3,5,12,17,32H,2,4,6,21H2,(H2,22,25)(H,24,28)(H,30,31)/b26-11+/t12-,17-/m1/s1. The summed E-state index contributed by atoms with van der Waals surface area (Å²) in [6, 6.07) is 0.742. The Morgan fingerprint density at radius 1 is 1.39 bits per heavy atom. The molecule has 0 saturated carbocycles. The van der Waals surface area contributed by atoms with Gasteiger partial charge in [-0.2, -0.15) is 0 Å². The third-order valence-electron chi connectivity index (χ3n) is 4.92. The predicted octanol–water partition coefficient (Wildman–Crippen LogP) is 1.49. The molecule has 0 aliphatic carbocycles. The monoisotopic (exact) mass is 587 g/mol. The van der Waals surface area contributed by atoms with E-state index in [0.29, 0.717) is 23.0 Å². The zero-order valence-corrected chi connectivity index (χ0v) is 22.1. The Balaban J connectivity index is 1.54. The highest BCUT2D eigenvalue weighted by molar-refractivity contribution is 8.07. The molecule has 0 radical (unpaired) electrons. The number of nitrogens with two attached hydrogens (primary N) is 2. The normalized spacial score (nSPS) is 19.7. The molecule has 2 aliphatic rings. The molecule has 12 nitrogen and oxygen atoms in total. The lowest BCUT2D eigenvalue weighted by Gasteiger charge is -2.49. The minimum Gasteiger partial charge on any atom is -0.477 e. The van der Waals surface area contributed by atoms with E-state index in [4.69, 9.17) is 23.1 Å². The van der Waals surface area contributed by atoms with Crippen molar-refractivity contribution < 1.29 is 24.7 Å². The van der Waals surface area contributed by atoms with E-state index in [1.54, 1.807) is 18.5 Å². The van der Waals surface area contributed by atoms with Crippen molar-refractivity contribution in [3.8, 4) is 0 Å². The molecule has 7 N–H and O–H groups in total. The summed E-state index contributed by atoms with van der Waals surface area (Å²) in [5.41, 5.74) is 10.4. The SMILES string of the molecule is NCCSc1cnccc1SC1=C(C(=O)O)N2C(=O)[C@@H](NC(=O)/C(=N/O)c3nc(N)sc3Cl)[C@H]2SC1. The number of hydrogen-bond acceptors (Lipinski definition) is 13. The Labute approximate surface area is 225 Å². The number of oxime groups is 1. The van der Waals surface area contributed by atoms with Crippen LogP contribution in [-0.4, -0.2) is 78.1 Å². The molecule has 0 spiro atoms. The van der Waals surface area contributed by atoms with Crippen molar-refractivity contribution in [3.63, 3.8) is 0 Å². The first-order valence-corrected chi connectivity index (χ1v) is 14.1. The summed E-state index contributed by atoms with van der Waals surface area (Å²) < 4.78 is 0.0434. The van der Waals surface area contributed by atoms with Gasteiger partial charge in [0.1, 0.15) is 27.1 Å². The van der Waals surface area contributed by atoms with Crippen LogP contribution in [0, 0.1) is 0 Å². The van der Waals surface area contributed by atoms with Gasteiger partial charge in [0.15, 0.2) is 10.8 Å². The van der Waals surface area contributed by atoms with Crippen LogP contribution in [0.4, 0.5) is 5.13 Å². The average molecular weight is 588 g/mol. The number of pyridine rings is 1. The zero-order chi connectivity index (χ0) is 26.0. The molecule has 2 atom stereocenters. The first kappa shape index (κ1) is 26.6. The van der Waals surface area contributed by atoms with E-state index in [9.17, 15) is 24.7 Å². The van der Waals surface area contributed by atoms with E-state index in [-0.39, 0.29) is 20.9 Å². The number of carbonyl (C=O) groups is 3. The highest BCUT2D eigenvalue weighted by Crippen LogP contribution is 2.46. The van der Waals surface area contributed by atoms with Crippen LogP contribution in [0.5, 0.6) is 0 Å². The molecule has 2 aromatic heterocycles. The number of fused-ring (bicyclic) bond motifs is 1. The molecule has 2 amide bonds. The maximum atomic E-state index is 13.0. The van der Waals surface area contributed by atoms with E-state index >= 15 is 0 Å². The number of amides is 2. The summed E-state index contributed by atoms with van der Waals surface area (Å²) in [6.07, 6.45) is 3.29. The highest BCUT2D eigenvalue weighted by Gasteiger charge is 2.54. The van der Waals surface area contributed by atoms with E-state index in [1.807, 2.05) is 0 Å². The lowest BCUT2D eigenvalue weighted by molar-refractivity contribution is -0.150. The molecule has 2 aliphatic heterocycles. The van der Waals surface area contributed by atoms with Crippen molar-refractivity contribution in [1.82, 2.24) is 20.2 Å². The predicted molar refractivity (Wildman–Crippen MR) is 139 cm³/mol. The molecule has 4 rings (SSSR count). The third kappa shape index (κ3) is 5.14. The number of thioether (sulfide) groups is 3. The van der Waals surface area contributed by atoms with Crippen LogP contribution in [0.1, 0.15) is 5.69 Å². The van der Waals surface area contributed by atoms with Crippen molar-refractivity contribution in [3.05, 3.63) is 39.1 Å².